The van der Waals surface area contributed by atoms with Gasteiger partial charge in [-0.1, -0.05) is 18.6 Å². The van der Waals surface area contributed by atoms with Gasteiger partial charge in [0, 0.05) is 12.6 Å². The highest BCUT2D eigenvalue weighted by atomic mass is 16.5. The molecular weight excluding hydrogens is 316 g/mol. The molecule has 0 heterocycles. The van der Waals surface area contributed by atoms with Gasteiger partial charge in [-0.05, 0) is 68.1 Å². The molecule has 3 rings (SSSR count). The summed E-state index contributed by atoms with van der Waals surface area (Å²) in [4.78, 5) is 24.1. The molecule has 5 heteroatoms. The van der Waals surface area contributed by atoms with Crippen LogP contribution in [0, 0.1) is 17.8 Å². The fourth-order valence-electron chi connectivity index (χ4n) is 4.48. The standard InChI is InChI=1S/C20H28N2O3/c1-13(18-12-15-3-6-16(18)11-15)22-20(24)19(23)21-10-9-14-4-7-17(25-2)8-5-14/h4-5,7-8,13,15-16,18H,3,6,9-12H2,1-2H3,(H,21,23)(H,22,24). The molecule has 1 aromatic carbocycles. The summed E-state index contributed by atoms with van der Waals surface area (Å²) in [6.45, 7) is 2.48. The smallest absolute Gasteiger partial charge is 0.309 e. The first-order valence-corrected chi connectivity index (χ1v) is 9.28. The monoisotopic (exact) mass is 344 g/mol. The van der Waals surface area contributed by atoms with Crippen molar-refractivity contribution in [3.8, 4) is 5.75 Å². The van der Waals surface area contributed by atoms with E-state index in [1.54, 1.807) is 7.11 Å². The molecule has 2 aliphatic rings. The minimum Gasteiger partial charge on any atom is -0.497 e. The zero-order valence-electron chi connectivity index (χ0n) is 15.1. The Bertz CT molecular complexity index is 614. The summed E-state index contributed by atoms with van der Waals surface area (Å²) in [7, 11) is 1.63. The van der Waals surface area contributed by atoms with Crippen LogP contribution >= 0.6 is 0 Å². The molecule has 2 aliphatic carbocycles. The van der Waals surface area contributed by atoms with E-state index in [4.69, 9.17) is 4.74 Å². The first kappa shape index (κ1) is 17.8. The van der Waals surface area contributed by atoms with E-state index in [0.717, 1.165) is 23.1 Å². The van der Waals surface area contributed by atoms with Gasteiger partial charge in [-0.15, -0.1) is 0 Å². The zero-order chi connectivity index (χ0) is 17.8. The molecule has 2 saturated carbocycles. The van der Waals surface area contributed by atoms with Crippen molar-refractivity contribution in [1.29, 1.82) is 0 Å². The third-order valence-electron chi connectivity index (χ3n) is 5.86. The minimum absolute atomic E-state index is 0.0788. The summed E-state index contributed by atoms with van der Waals surface area (Å²) >= 11 is 0. The van der Waals surface area contributed by atoms with E-state index >= 15 is 0 Å². The van der Waals surface area contributed by atoms with Crippen LogP contribution in [0.4, 0.5) is 0 Å². The molecule has 2 amide bonds. The van der Waals surface area contributed by atoms with Crippen LogP contribution in [0.1, 0.15) is 38.2 Å². The Hall–Kier alpha value is -2.04. The largest absolute Gasteiger partial charge is 0.497 e. The molecule has 136 valence electrons. The average Bonchev–Trinajstić information content (AvgIpc) is 3.25. The molecule has 0 saturated heterocycles. The number of methoxy groups -OCH3 is 1. The van der Waals surface area contributed by atoms with Crippen LogP contribution in [0.15, 0.2) is 24.3 Å². The molecule has 0 spiro atoms. The highest BCUT2D eigenvalue weighted by molar-refractivity contribution is 6.35. The van der Waals surface area contributed by atoms with Crippen LogP contribution in [-0.2, 0) is 16.0 Å². The van der Waals surface area contributed by atoms with Crippen LogP contribution in [0.2, 0.25) is 0 Å². The van der Waals surface area contributed by atoms with Gasteiger partial charge >= 0.3 is 11.8 Å². The van der Waals surface area contributed by atoms with Crippen molar-refractivity contribution in [2.24, 2.45) is 17.8 Å². The summed E-state index contributed by atoms with van der Waals surface area (Å²) < 4.78 is 5.12. The van der Waals surface area contributed by atoms with Crippen LogP contribution in [0.25, 0.3) is 0 Å². The third-order valence-corrected chi connectivity index (χ3v) is 5.86. The van der Waals surface area contributed by atoms with Crippen molar-refractivity contribution >= 4 is 11.8 Å². The lowest BCUT2D eigenvalue weighted by molar-refractivity contribution is -0.139. The van der Waals surface area contributed by atoms with Gasteiger partial charge in [-0.25, -0.2) is 0 Å². The van der Waals surface area contributed by atoms with E-state index in [0.29, 0.717) is 18.9 Å². The summed E-state index contributed by atoms with van der Waals surface area (Å²) in [6.07, 6.45) is 5.81. The number of benzene rings is 1. The lowest BCUT2D eigenvalue weighted by atomic mass is 9.84. The number of rotatable bonds is 6. The van der Waals surface area contributed by atoms with Gasteiger partial charge in [0.05, 0.1) is 7.11 Å². The number of carbonyl (C=O) groups is 2. The fourth-order valence-corrected chi connectivity index (χ4v) is 4.48. The number of nitrogens with one attached hydrogen (secondary N) is 2. The lowest BCUT2D eigenvalue weighted by Gasteiger charge is -2.28. The Morgan fingerprint density at radius 3 is 2.52 bits per heavy atom. The van der Waals surface area contributed by atoms with Crippen molar-refractivity contribution in [3.05, 3.63) is 29.8 Å². The maximum Gasteiger partial charge on any atom is 0.309 e. The Kier molecular flexibility index (Phi) is 5.61. The highest BCUT2D eigenvalue weighted by Crippen LogP contribution is 2.49. The molecule has 2 fully saturated rings. The predicted octanol–water partition coefficient (Wildman–Crippen LogP) is 2.29. The SMILES string of the molecule is COc1ccc(CCNC(=O)C(=O)NC(C)C2CC3CCC2C3)cc1. The van der Waals surface area contributed by atoms with E-state index in [1.807, 2.05) is 31.2 Å². The van der Waals surface area contributed by atoms with Crippen LogP contribution in [0.3, 0.4) is 0 Å². The Labute approximate surface area is 149 Å². The summed E-state index contributed by atoms with van der Waals surface area (Å²) in [5, 5.41) is 5.61. The second-order valence-electron chi connectivity index (χ2n) is 7.45. The highest BCUT2D eigenvalue weighted by Gasteiger charge is 2.42. The van der Waals surface area contributed by atoms with Crippen molar-refractivity contribution < 1.29 is 14.3 Å². The van der Waals surface area contributed by atoms with E-state index in [2.05, 4.69) is 10.6 Å². The number of carbonyl (C=O) groups excluding carboxylic acids is 2. The lowest BCUT2D eigenvalue weighted by Crippen LogP contribution is -2.47. The van der Waals surface area contributed by atoms with E-state index in [9.17, 15) is 9.59 Å². The van der Waals surface area contributed by atoms with Crippen LogP contribution < -0.4 is 15.4 Å². The van der Waals surface area contributed by atoms with Crippen molar-refractivity contribution in [2.45, 2.75) is 45.1 Å². The van der Waals surface area contributed by atoms with Gasteiger partial charge in [-0.2, -0.15) is 0 Å². The molecular formula is C20H28N2O3. The number of fused-ring (bicyclic) bond motifs is 2. The van der Waals surface area contributed by atoms with Crippen molar-refractivity contribution in [2.75, 3.05) is 13.7 Å². The molecule has 2 bridgehead atoms. The van der Waals surface area contributed by atoms with E-state index in [1.165, 1.54) is 25.7 Å². The minimum atomic E-state index is -0.538. The van der Waals surface area contributed by atoms with Crippen molar-refractivity contribution in [3.63, 3.8) is 0 Å². The normalized spacial score (nSPS) is 25.4. The summed E-state index contributed by atoms with van der Waals surface area (Å²) in [6, 6.07) is 7.78. The summed E-state index contributed by atoms with van der Waals surface area (Å²) in [5.41, 5.74) is 1.09. The zero-order valence-corrected chi connectivity index (χ0v) is 15.1. The van der Waals surface area contributed by atoms with Crippen LogP contribution in [-0.4, -0.2) is 31.5 Å². The van der Waals surface area contributed by atoms with Gasteiger partial charge in [0.25, 0.3) is 0 Å². The quantitative estimate of drug-likeness (QED) is 0.778. The van der Waals surface area contributed by atoms with Gasteiger partial charge in [0.15, 0.2) is 0 Å². The van der Waals surface area contributed by atoms with Gasteiger partial charge in [-0.3, -0.25) is 9.59 Å². The molecule has 0 aliphatic heterocycles. The topological polar surface area (TPSA) is 67.4 Å². The Morgan fingerprint density at radius 1 is 1.16 bits per heavy atom. The maximum absolute atomic E-state index is 12.1. The fraction of sp³-hybridized carbons (Fsp3) is 0.600. The number of ether oxygens (including phenoxy) is 1. The molecule has 0 aromatic heterocycles. The first-order chi connectivity index (χ1) is 12.1. The van der Waals surface area contributed by atoms with E-state index in [-0.39, 0.29) is 6.04 Å². The first-order valence-electron chi connectivity index (χ1n) is 9.28. The Balaban J connectivity index is 1.39. The molecule has 4 unspecified atom stereocenters. The average molecular weight is 344 g/mol. The third kappa shape index (κ3) is 4.33. The molecule has 0 radical (unpaired) electrons. The van der Waals surface area contributed by atoms with Gasteiger partial charge < -0.3 is 15.4 Å². The molecule has 2 N–H and O–H groups in total. The van der Waals surface area contributed by atoms with Crippen LogP contribution in [0.5, 0.6) is 5.75 Å². The van der Waals surface area contributed by atoms with Crippen molar-refractivity contribution in [1.82, 2.24) is 10.6 Å². The van der Waals surface area contributed by atoms with Gasteiger partial charge in [0.2, 0.25) is 0 Å². The summed E-state index contributed by atoms with van der Waals surface area (Å²) in [5.74, 6) is 1.87. The van der Waals surface area contributed by atoms with E-state index < -0.39 is 11.8 Å². The molecule has 5 nitrogen and oxygen atoms in total. The number of hydrogen-bond donors (Lipinski definition) is 2. The molecule has 25 heavy (non-hydrogen) atoms. The second kappa shape index (κ2) is 7.89. The Morgan fingerprint density at radius 2 is 1.92 bits per heavy atom. The predicted molar refractivity (Wildman–Crippen MR) is 96.3 cm³/mol. The maximum atomic E-state index is 12.1. The second-order valence-corrected chi connectivity index (χ2v) is 7.45. The van der Waals surface area contributed by atoms with Gasteiger partial charge in [0.1, 0.15) is 5.75 Å². The molecule has 4 atom stereocenters. The molecule has 1 aromatic rings. The number of amides is 2. The number of hydrogen-bond acceptors (Lipinski definition) is 3.